The third-order valence-corrected chi connectivity index (χ3v) is 4.89. The van der Waals surface area contributed by atoms with Gasteiger partial charge in [0, 0.05) is 5.33 Å². The van der Waals surface area contributed by atoms with Gasteiger partial charge in [0.15, 0.2) is 0 Å². The number of hydrogen-bond acceptors (Lipinski definition) is 0. The van der Waals surface area contributed by atoms with Crippen molar-refractivity contribution in [3.05, 3.63) is 23.2 Å². The molecule has 0 radical (unpaired) electrons. The summed E-state index contributed by atoms with van der Waals surface area (Å²) in [4.78, 5) is 0.645. The van der Waals surface area contributed by atoms with E-state index in [2.05, 4.69) is 31.9 Å². The zero-order valence-corrected chi connectivity index (χ0v) is 13.9. The highest BCUT2D eigenvalue weighted by molar-refractivity contribution is 9.11. The quantitative estimate of drug-likeness (QED) is 0.426. The van der Waals surface area contributed by atoms with Crippen LogP contribution in [-0.2, 0) is 0 Å². The van der Waals surface area contributed by atoms with E-state index in [0.717, 1.165) is 0 Å². The fourth-order valence-electron chi connectivity index (χ4n) is 0.733. The van der Waals surface area contributed by atoms with Gasteiger partial charge in [-0.2, -0.15) is 0 Å². The van der Waals surface area contributed by atoms with Crippen molar-refractivity contribution in [3.63, 3.8) is 0 Å². The van der Waals surface area contributed by atoms with Crippen LogP contribution in [0.5, 0.6) is 0 Å². The molecule has 15 heavy (non-hydrogen) atoms. The highest BCUT2D eigenvalue weighted by atomic mass is 79.9. The first-order valence-corrected chi connectivity index (χ1v) is 7.53. The molecule has 0 heterocycles. The zero-order valence-electron chi connectivity index (χ0n) is 8.48. The smallest absolute Gasteiger partial charge is 0.0804 e. The molecule has 0 spiro atoms. The molecule has 0 rings (SSSR count). The van der Waals surface area contributed by atoms with Gasteiger partial charge in [-0.25, -0.2) is 0 Å². The van der Waals surface area contributed by atoms with Crippen molar-refractivity contribution in [2.45, 2.75) is 29.0 Å². The van der Waals surface area contributed by atoms with Gasteiger partial charge in [-0.3, -0.25) is 0 Å². The maximum Gasteiger partial charge on any atom is 0.0804 e. The van der Waals surface area contributed by atoms with Crippen molar-refractivity contribution in [1.29, 1.82) is 0 Å². The van der Waals surface area contributed by atoms with Crippen molar-refractivity contribution in [2.24, 2.45) is 0 Å². The first-order valence-electron chi connectivity index (χ1n) is 4.30. The lowest BCUT2D eigenvalue weighted by molar-refractivity contribution is 0.790. The van der Waals surface area contributed by atoms with Gasteiger partial charge in [-0.15, -0.1) is 34.8 Å². The lowest BCUT2D eigenvalue weighted by Crippen LogP contribution is -2.26. The van der Waals surface area contributed by atoms with E-state index < -0.39 is 9.75 Å². The predicted molar refractivity (Wildman–Crippen MR) is 79.2 cm³/mol. The monoisotopic (exact) mass is 396 g/mol. The second kappa shape index (κ2) is 6.90. The molecule has 0 bridgehead atoms. The molecule has 3 atom stereocenters. The van der Waals surface area contributed by atoms with Crippen LogP contribution < -0.4 is 0 Å². The summed E-state index contributed by atoms with van der Waals surface area (Å²) >= 11 is 25.0. The fourth-order valence-corrected chi connectivity index (χ4v) is 1.98. The molecule has 0 aromatic heterocycles. The van der Waals surface area contributed by atoms with Gasteiger partial charge in [0.2, 0.25) is 0 Å². The molecule has 0 aliphatic heterocycles. The summed E-state index contributed by atoms with van der Waals surface area (Å²) in [6, 6.07) is 0. The van der Waals surface area contributed by atoms with Crippen molar-refractivity contribution < 1.29 is 0 Å². The van der Waals surface area contributed by atoms with Gasteiger partial charge < -0.3 is 0 Å². The van der Waals surface area contributed by atoms with Crippen LogP contribution in [0.4, 0.5) is 0 Å². The molecule has 0 aromatic carbocycles. The Morgan fingerprint density at radius 3 is 2.20 bits per heavy atom. The van der Waals surface area contributed by atoms with E-state index in [4.69, 9.17) is 34.8 Å². The predicted octanol–water partition coefficient (Wildman–Crippen LogP) is 5.45. The minimum Gasteiger partial charge on any atom is -0.116 e. The Hall–Kier alpha value is 1.31. The fraction of sp³-hybridized carbons (Fsp3) is 0.600. The second-order valence-corrected chi connectivity index (χ2v) is 6.85. The summed E-state index contributed by atoms with van der Waals surface area (Å²) < 4.78 is 0. The standard InChI is InChI=1S/C10H13Br2Cl3/c1-9(14,7-12)4-3-8(13)10(2,15)5-6-11/h3-6,8H,7H2,1-2H3/b4-3+,6-5+/t8-,9-,10+/m1/s1. The minimum absolute atomic E-state index is 0.315. The molecule has 0 aromatic rings. The summed E-state index contributed by atoms with van der Waals surface area (Å²) in [5.74, 6) is 0. The van der Waals surface area contributed by atoms with Gasteiger partial charge in [-0.05, 0) is 18.8 Å². The molecular formula is C10H13Br2Cl3. The number of hydrogen-bond donors (Lipinski definition) is 0. The minimum atomic E-state index is -0.624. The molecule has 0 saturated heterocycles. The van der Waals surface area contributed by atoms with Crippen molar-refractivity contribution in [2.75, 3.05) is 5.33 Å². The van der Waals surface area contributed by atoms with Crippen LogP contribution >= 0.6 is 66.7 Å². The third-order valence-electron chi connectivity index (χ3n) is 1.80. The Labute approximate surface area is 123 Å². The Kier molecular flexibility index (Phi) is 7.51. The number of rotatable bonds is 5. The third kappa shape index (κ3) is 6.58. The average Bonchev–Trinajstić information content (AvgIpc) is 2.14. The number of alkyl halides is 4. The molecule has 88 valence electrons. The molecule has 0 saturated carbocycles. The molecule has 0 aliphatic rings. The molecule has 0 unspecified atom stereocenters. The van der Waals surface area contributed by atoms with E-state index in [1.807, 2.05) is 26.0 Å². The molecular weight excluding hydrogens is 386 g/mol. The Balaban J connectivity index is 4.55. The van der Waals surface area contributed by atoms with Gasteiger partial charge in [-0.1, -0.05) is 50.1 Å². The van der Waals surface area contributed by atoms with Crippen molar-refractivity contribution in [1.82, 2.24) is 0 Å². The van der Waals surface area contributed by atoms with Crippen LogP contribution in [0.2, 0.25) is 0 Å². The van der Waals surface area contributed by atoms with Crippen LogP contribution in [0.3, 0.4) is 0 Å². The van der Waals surface area contributed by atoms with Crippen molar-refractivity contribution in [3.8, 4) is 0 Å². The van der Waals surface area contributed by atoms with Gasteiger partial charge in [0.25, 0.3) is 0 Å². The topological polar surface area (TPSA) is 0 Å². The molecule has 5 heteroatoms. The van der Waals surface area contributed by atoms with Gasteiger partial charge in [0.1, 0.15) is 0 Å². The zero-order chi connectivity index (χ0) is 12.1. The summed E-state index contributed by atoms with van der Waals surface area (Å²) in [5.41, 5.74) is 0. The molecule has 0 N–H and O–H groups in total. The number of allylic oxidation sites excluding steroid dienone is 3. The summed E-state index contributed by atoms with van der Waals surface area (Å²) in [7, 11) is 0. The second-order valence-electron chi connectivity index (χ2n) is 3.62. The van der Waals surface area contributed by atoms with Crippen LogP contribution in [0.1, 0.15) is 13.8 Å². The highest BCUT2D eigenvalue weighted by Crippen LogP contribution is 2.29. The van der Waals surface area contributed by atoms with E-state index in [0.29, 0.717) is 5.33 Å². The summed E-state index contributed by atoms with van der Waals surface area (Å²) in [5, 5.41) is 0.347. The van der Waals surface area contributed by atoms with Crippen LogP contribution in [-0.4, -0.2) is 20.5 Å². The SMILES string of the molecule is C[C@](Cl)(/C=C/Br)[C@H](Cl)/C=C/[C@@](C)(Cl)CBr. The first kappa shape index (κ1) is 16.3. The van der Waals surface area contributed by atoms with E-state index >= 15 is 0 Å². The first-order chi connectivity index (χ1) is 6.75. The molecule has 0 nitrogen and oxygen atoms in total. The average molecular weight is 399 g/mol. The van der Waals surface area contributed by atoms with E-state index in [-0.39, 0.29) is 5.38 Å². The Bertz CT molecular complexity index is 247. The summed E-state index contributed by atoms with van der Waals surface area (Å²) in [6.07, 6.45) is 5.45. The molecule has 0 aliphatic carbocycles. The Morgan fingerprint density at radius 1 is 1.27 bits per heavy atom. The van der Waals surface area contributed by atoms with Crippen LogP contribution in [0.15, 0.2) is 23.2 Å². The number of halogens is 5. The van der Waals surface area contributed by atoms with E-state index in [1.165, 1.54) is 0 Å². The lowest BCUT2D eigenvalue weighted by Gasteiger charge is -2.22. The largest absolute Gasteiger partial charge is 0.116 e. The summed E-state index contributed by atoms with van der Waals surface area (Å²) in [6.45, 7) is 3.74. The van der Waals surface area contributed by atoms with E-state index in [1.54, 1.807) is 11.1 Å². The Morgan fingerprint density at radius 2 is 1.80 bits per heavy atom. The maximum atomic E-state index is 6.20. The van der Waals surface area contributed by atoms with Gasteiger partial charge in [0.05, 0.1) is 15.1 Å². The highest BCUT2D eigenvalue weighted by Gasteiger charge is 2.26. The molecule has 0 fully saturated rings. The van der Waals surface area contributed by atoms with Gasteiger partial charge >= 0.3 is 0 Å². The molecule has 0 amide bonds. The van der Waals surface area contributed by atoms with E-state index in [9.17, 15) is 0 Å². The van der Waals surface area contributed by atoms with Crippen LogP contribution in [0.25, 0.3) is 0 Å². The lowest BCUT2D eigenvalue weighted by atomic mass is 10.0. The van der Waals surface area contributed by atoms with Crippen LogP contribution in [0, 0.1) is 0 Å². The van der Waals surface area contributed by atoms with Crippen molar-refractivity contribution >= 4 is 66.7 Å². The normalized spacial score (nSPS) is 22.9. The maximum absolute atomic E-state index is 6.20.